The van der Waals surface area contributed by atoms with Gasteiger partial charge in [-0.25, -0.2) is 4.39 Å². The van der Waals surface area contributed by atoms with Crippen LogP contribution in [0.2, 0.25) is 0 Å². The molecule has 2 N–H and O–H groups in total. The van der Waals surface area contributed by atoms with Crippen LogP contribution >= 0.6 is 0 Å². The van der Waals surface area contributed by atoms with Crippen LogP contribution < -0.4 is 4.90 Å². The standard InChI is InChI=1S/C23H23F4N3O/c1-13-7-14(2)12-30(11-13)21-6-4-16(9-19(21)23(25,26)27)28-10-18-17-8-15(24)3-5-20(17)29-22(18)31/h3-6,8-10,13-14,29,31H,7,11-12H2,1-2H3. The molecule has 4 nitrogen and oxygen atoms in total. The lowest BCUT2D eigenvalue weighted by Gasteiger charge is -2.37. The Morgan fingerprint density at radius 1 is 1.10 bits per heavy atom. The first kappa shape index (κ1) is 21.2. The molecule has 2 aromatic carbocycles. The molecule has 2 heterocycles. The highest BCUT2D eigenvalue weighted by Gasteiger charge is 2.36. The van der Waals surface area contributed by atoms with E-state index in [-0.39, 0.29) is 22.8 Å². The molecule has 164 valence electrons. The second-order valence-corrected chi connectivity index (χ2v) is 8.39. The van der Waals surface area contributed by atoms with Crippen LogP contribution in [0.25, 0.3) is 10.9 Å². The number of aliphatic imine (C=N–C) groups is 1. The zero-order chi connectivity index (χ0) is 22.3. The number of piperidine rings is 1. The maximum Gasteiger partial charge on any atom is 0.418 e. The third-order valence-corrected chi connectivity index (χ3v) is 5.62. The molecule has 1 aromatic heterocycles. The topological polar surface area (TPSA) is 51.6 Å². The Kier molecular flexibility index (Phi) is 5.41. The van der Waals surface area contributed by atoms with Crippen molar-refractivity contribution in [2.75, 3.05) is 18.0 Å². The molecule has 3 aromatic rings. The van der Waals surface area contributed by atoms with Crippen LogP contribution in [0.15, 0.2) is 41.4 Å². The average Bonchev–Trinajstić information content (AvgIpc) is 2.99. The maximum atomic E-state index is 13.8. The normalized spacial score (nSPS) is 20.1. The van der Waals surface area contributed by atoms with Crippen molar-refractivity contribution in [1.29, 1.82) is 0 Å². The number of halogens is 4. The Hall–Kier alpha value is -3.03. The lowest BCUT2D eigenvalue weighted by molar-refractivity contribution is -0.137. The third-order valence-electron chi connectivity index (χ3n) is 5.62. The summed E-state index contributed by atoms with van der Waals surface area (Å²) in [5.74, 6) is -0.0938. The Labute approximate surface area is 177 Å². The number of fused-ring (bicyclic) bond motifs is 1. The molecule has 31 heavy (non-hydrogen) atoms. The summed E-state index contributed by atoms with van der Waals surface area (Å²) in [7, 11) is 0. The van der Waals surface area contributed by atoms with Crippen LogP contribution in [0.4, 0.5) is 28.9 Å². The van der Waals surface area contributed by atoms with Crippen molar-refractivity contribution < 1.29 is 22.7 Å². The van der Waals surface area contributed by atoms with Gasteiger partial charge in [-0.15, -0.1) is 0 Å². The van der Waals surface area contributed by atoms with E-state index in [1.54, 1.807) is 4.90 Å². The molecule has 1 fully saturated rings. The van der Waals surface area contributed by atoms with Crippen LogP contribution in [0.1, 0.15) is 31.4 Å². The number of alkyl halides is 3. The van der Waals surface area contributed by atoms with Gasteiger partial charge in [-0.1, -0.05) is 13.8 Å². The Morgan fingerprint density at radius 3 is 2.48 bits per heavy atom. The van der Waals surface area contributed by atoms with Crippen LogP contribution in [0.5, 0.6) is 5.88 Å². The zero-order valence-electron chi connectivity index (χ0n) is 17.2. The zero-order valence-corrected chi connectivity index (χ0v) is 17.2. The number of H-pyrrole nitrogens is 1. The average molecular weight is 433 g/mol. The van der Waals surface area contributed by atoms with E-state index in [0.29, 0.717) is 35.8 Å². The minimum absolute atomic E-state index is 0.0966. The van der Waals surface area contributed by atoms with Crippen molar-refractivity contribution >= 4 is 28.5 Å². The van der Waals surface area contributed by atoms with Crippen LogP contribution in [-0.4, -0.2) is 29.4 Å². The van der Waals surface area contributed by atoms with Gasteiger partial charge in [0.1, 0.15) is 5.82 Å². The molecule has 2 atom stereocenters. The highest BCUT2D eigenvalue weighted by Crippen LogP contribution is 2.40. The van der Waals surface area contributed by atoms with E-state index < -0.39 is 17.6 Å². The van der Waals surface area contributed by atoms with E-state index in [9.17, 15) is 22.7 Å². The Morgan fingerprint density at radius 2 is 1.81 bits per heavy atom. The molecule has 1 aliphatic rings. The lowest BCUT2D eigenvalue weighted by Crippen LogP contribution is -2.39. The van der Waals surface area contributed by atoms with E-state index in [2.05, 4.69) is 9.98 Å². The van der Waals surface area contributed by atoms with E-state index in [4.69, 9.17) is 0 Å². The van der Waals surface area contributed by atoms with Crippen molar-refractivity contribution in [2.24, 2.45) is 16.8 Å². The SMILES string of the molecule is CC1CC(C)CN(c2ccc(N=Cc3c(O)[nH]c4ccc(F)cc34)cc2C(F)(F)F)C1. The molecule has 2 unspecified atom stereocenters. The van der Waals surface area contributed by atoms with E-state index in [1.165, 1.54) is 36.5 Å². The largest absolute Gasteiger partial charge is 0.494 e. The highest BCUT2D eigenvalue weighted by atomic mass is 19.4. The third kappa shape index (κ3) is 4.38. The number of benzene rings is 2. The summed E-state index contributed by atoms with van der Waals surface area (Å²) < 4.78 is 55.1. The number of hydrogen-bond acceptors (Lipinski definition) is 3. The smallest absolute Gasteiger partial charge is 0.418 e. The minimum Gasteiger partial charge on any atom is -0.494 e. The van der Waals surface area contributed by atoms with Crippen LogP contribution in [0, 0.1) is 17.7 Å². The van der Waals surface area contributed by atoms with Gasteiger partial charge in [-0.2, -0.15) is 13.2 Å². The highest BCUT2D eigenvalue weighted by molar-refractivity contribution is 6.02. The lowest BCUT2D eigenvalue weighted by atomic mass is 9.91. The number of rotatable bonds is 3. The fraction of sp³-hybridized carbons (Fsp3) is 0.348. The predicted molar refractivity (Wildman–Crippen MR) is 114 cm³/mol. The summed E-state index contributed by atoms with van der Waals surface area (Å²) in [6, 6.07) is 7.94. The second kappa shape index (κ2) is 7.90. The van der Waals surface area contributed by atoms with Crippen molar-refractivity contribution in [3.05, 3.63) is 53.3 Å². The van der Waals surface area contributed by atoms with E-state index >= 15 is 0 Å². The number of nitrogens with zero attached hydrogens (tertiary/aromatic N) is 2. The molecule has 1 saturated heterocycles. The molecule has 0 bridgehead atoms. The van der Waals surface area contributed by atoms with E-state index in [1.807, 2.05) is 13.8 Å². The molecule has 0 amide bonds. The van der Waals surface area contributed by atoms with Gasteiger partial charge in [-0.05, 0) is 54.7 Å². The number of aromatic amines is 1. The monoisotopic (exact) mass is 433 g/mol. The molecule has 8 heteroatoms. The van der Waals surface area contributed by atoms with Gasteiger partial charge in [0.2, 0.25) is 0 Å². The molecular formula is C23H23F4N3O. The second-order valence-electron chi connectivity index (χ2n) is 8.39. The van der Waals surface area contributed by atoms with E-state index in [0.717, 1.165) is 12.5 Å². The molecule has 0 saturated carbocycles. The first-order valence-corrected chi connectivity index (χ1v) is 10.1. The number of aromatic nitrogens is 1. The van der Waals surface area contributed by atoms with Crippen molar-refractivity contribution in [3.63, 3.8) is 0 Å². The number of hydrogen-bond donors (Lipinski definition) is 2. The number of aromatic hydroxyl groups is 1. The first-order chi connectivity index (χ1) is 14.6. The summed E-state index contributed by atoms with van der Waals surface area (Å²) >= 11 is 0. The van der Waals surface area contributed by atoms with Gasteiger partial charge in [0.15, 0.2) is 5.88 Å². The summed E-state index contributed by atoms with van der Waals surface area (Å²) in [4.78, 5) is 8.63. The Bertz CT molecular complexity index is 1130. The van der Waals surface area contributed by atoms with Gasteiger partial charge in [0.25, 0.3) is 0 Å². The van der Waals surface area contributed by atoms with Crippen LogP contribution in [0.3, 0.4) is 0 Å². The maximum absolute atomic E-state index is 13.8. The predicted octanol–water partition coefficient (Wildman–Crippen LogP) is 6.26. The molecular weight excluding hydrogens is 410 g/mol. The molecule has 4 rings (SSSR count). The van der Waals surface area contributed by atoms with Gasteiger partial charge in [0.05, 0.1) is 16.8 Å². The summed E-state index contributed by atoms with van der Waals surface area (Å²) in [6.07, 6.45) is -2.29. The number of anilines is 1. The Balaban J connectivity index is 1.71. The molecule has 1 aliphatic heterocycles. The van der Waals surface area contributed by atoms with Gasteiger partial charge in [0, 0.05) is 35.9 Å². The van der Waals surface area contributed by atoms with Gasteiger partial charge >= 0.3 is 6.18 Å². The van der Waals surface area contributed by atoms with Crippen LogP contribution in [-0.2, 0) is 6.18 Å². The first-order valence-electron chi connectivity index (χ1n) is 10.1. The quantitative estimate of drug-likeness (QED) is 0.378. The van der Waals surface area contributed by atoms with Crippen molar-refractivity contribution in [2.45, 2.75) is 26.4 Å². The minimum atomic E-state index is -4.53. The van der Waals surface area contributed by atoms with Gasteiger partial charge < -0.3 is 15.0 Å². The van der Waals surface area contributed by atoms with Crippen molar-refractivity contribution in [1.82, 2.24) is 4.98 Å². The molecule has 0 aliphatic carbocycles. The number of nitrogens with one attached hydrogen (secondary N) is 1. The molecule has 0 spiro atoms. The summed E-state index contributed by atoms with van der Waals surface area (Å²) in [6.45, 7) is 5.24. The van der Waals surface area contributed by atoms with Gasteiger partial charge in [-0.3, -0.25) is 4.99 Å². The fourth-order valence-corrected chi connectivity index (χ4v) is 4.41. The molecule has 0 radical (unpaired) electrons. The summed E-state index contributed by atoms with van der Waals surface area (Å²) in [5, 5.41) is 10.5. The fourth-order valence-electron chi connectivity index (χ4n) is 4.41. The van der Waals surface area contributed by atoms with Crippen molar-refractivity contribution in [3.8, 4) is 5.88 Å². The summed E-state index contributed by atoms with van der Waals surface area (Å²) in [5.41, 5.74) is 0.227.